The summed E-state index contributed by atoms with van der Waals surface area (Å²) in [5.41, 5.74) is 2.41. The lowest BCUT2D eigenvalue weighted by Gasteiger charge is -2.07. The van der Waals surface area contributed by atoms with E-state index >= 15 is 0 Å². The number of nitrogens with one attached hydrogen (secondary N) is 1. The maximum absolute atomic E-state index is 4.55. The van der Waals surface area contributed by atoms with Gasteiger partial charge in [-0.2, -0.15) is 5.10 Å². The average Bonchev–Trinajstić information content (AvgIpc) is 2.68. The molecule has 0 saturated heterocycles. The van der Waals surface area contributed by atoms with Gasteiger partial charge in [0.15, 0.2) is 0 Å². The Morgan fingerprint density at radius 3 is 2.65 bits per heavy atom. The molecular formula is C15H20BrN3S. The topological polar surface area (TPSA) is 29.9 Å². The van der Waals surface area contributed by atoms with Crippen molar-refractivity contribution >= 4 is 27.7 Å². The molecule has 0 unspecified atom stereocenters. The molecule has 0 bridgehead atoms. The van der Waals surface area contributed by atoms with Gasteiger partial charge in [-0.3, -0.25) is 4.68 Å². The maximum atomic E-state index is 4.55. The van der Waals surface area contributed by atoms with Crippen LogP contribution in [0, 0.1) is 6.92 Å². The van der Waals surface area contributed by atoms with Gasteiger partial charge < -0.3 is 5.32 Å². The van der Waals surface area contributed by atoms with Crippen molar-refractivity contribution in [1.29, 1.82) is 0 Å². The van der Waals surface area contributed by atoms with E-state index in [-0.39, 0.29) is 0 Å². The number of benzene rings is 1. The molecule has 0 atom stereocenters. The van der Waals surface area contributed by atoms with Gasteiger partial charge in [-0.05, 0) is 44.2 Å². The van der Waals surface area contributed by atoms with Crippen molar-refractivity contribution in [2.45, 2.75) is 36.7 Å². The van der Waals surface area contributed by atoms with Gasteiger partial charge >= 0.3 is 0 Å². The molecule has 0 saturated carbocycles. The highest BCUT2D eigenvalue weighted by molar-refractivity contribution is 9.10. The van der Waals surface area contributed by atoms with Crippen molar-refractivity contribution in [2.24, 2.45) is 7.05 Å². The van der Waals surface area contributed by atoms with Crippen molar-refractivity contribution in [3.05, 3.63) is 40.0 Å². The Morgan fingerprint density at radius 2 is 2.00 bits per heavy atom. The molecule has 108 valence electrons. The monoisotopic (exact) mass is 353 g/mol. The number of rotatable bonds is 6. The third-order valence-electron chi connectivity index (χ3n) is 3.05. The minimum absolute atomic E-state index is 0.881. The first kappa shape index (κ1) is 15.6. The summed E-state index contributed by atoms with van der Waals surface area (Å²) in [6.45, 7) is 6.18. The molecule has 0 aliphatic carbocycles. The zero-order valence-electron chi connectivity index (χ0n) is 12.1. The first-order valence-electron chi connectivity index (χ1n) is 6.78. The molecule has 1 aromatic heterocycles. The van der Waals surface area contributed by atoms with E-state index in [1.165, 1.54) is 15.5 Å². The van der Waals surface area contributed by atoms with E-state index in [1.807, 2.05) is 11.7 Å². The fourth-order valence-electron chi connectivity index (χ4n) is 2.02. The average molecular weight is 354 g/mol. The minimum atomic E-state index is 0.881. The predicted molar refractivity (Wildman–Crippen MR) is 88.2 cm³/mol. The zero-order valence-corrected chi connectivity index (χ0v) is 14.5. The van der Waals surface area contributed by atoms with Gasteiger partial charge in [0.2, 0.25) is 0 Å². The molecule has 1 heterocycles. The van der Waals surface area contributed by atoms with Crippen LogP contribution in [0.25, 0.3) is 0 Å². The summed E-state index contributed by atoms with van der Waals surface area (Å²) < 4.78 is 3.08. The molecule has 1 aromatic carbocycles. The highest BCUT2D eigenvalue weighted by Gasteiger charge is 2.14. The quantitative estimate of drug-likeness (QED) is 0.791. The second-order valence-electron chi connectivity index (χ2n) is 4.73. The van der Waals surface area contributed by atoms with E-state index in [0.717, 1.165) is 29.7 Å². The number of halogens is 1. The Morgan fingerprint density at radius 1 is 1.30 bits per heavy atom. The second-order valence-corrected chi connectivity index (χ2v) is 6.70. The molecule has 0 aliphatic heterocycles. The summed E-state index contributed by atoms with van der Waals surface area (Å²) >= 11 is 5.24. The summed E-state index contributed by atoms with van der Waals surface area (Å²) in [4.78, 5) is 1.23. The van der Waals surface area contributed by atoms with Crippen LogP contribution in [0.3, 0.4) is 0 Å². The first-order valence-corrected chi connectivity index (χ1v) is 8.39. The predicted octanol–water partition coefficient (Wildman–Crippen LogP) is 4.14. The lowest BCUT2D eigenvalue weighted by molar-refractivity contribution is 0.653. The standard InChI is InChI=1S/C15H20BrN3S/c1-4-9-17-10-14-11(2)18-19(3)15(14)20-13-7-5-12(16)6-8-13/h5-8,17H,4,9-10H2,1-3H3. The first-order chi connectivity index (χ1) is 9.61. The van der Waals surface area contributed by atoms with Crippen LogP contribution in [-0.2, 0) is 13.6 Å². The third-order valence-corrected chi connectivity index (χ3v) is 4.79. The molecule has 2 aromatic rings. The molecule has 1 N–H and O–H groups in total. The molecule has 0 radical (unpaired) electrons. The Labute approximate surface area is 133 Å². The lowest BCUT2D eigenvalue weighted by Crippen LogP contribution is -2.14. The molecule has 20 heavy (non-hydrogen) atoms. The second kappa shape index (κ2) is 7.29. The van der Waals surface area contributed by atoms with Crippen LogP contribution in [0.4, 0.5) is 0 Å². The van der Waals surface area contributed by atoms with Crippen LogP contribution < -0.4 is 5.32 Å². The van der Waals surface area contributed by atoms with E-state index in [0.29, 0.717) is 0 Å². The Kier molecular flexibility index (Phi) is 5.69. The number of nitrogens with zero attached hydrogens (tertiary/aromatic N) is 2. The van der Waals surface area contributed by atoms with Crippen LogP contribution >= 0.6 is 27.7 Å². The van der Waals surface area contributed by atoms with Gasteiger partial charge in [0.25, 0.3) is 0 Å². The third kappa shape index (κ3) is 3.87. The van der Waals surface area contributed by atoms with Crippen LogP contribution in [0.2, 0.25) is 0 Å². The van der Waals surface area contributed by atoms with Crippen molar-refractivity contribution in [2.75, 3.05) is 6.54 Å². The van der Waals surface area contributed by atoms with E-state index in [4.69, 9.17) is 0 Å². The summed E-state index contributed by atoms with van der Waals surface area (Å²) in [6.07, 6.45) is 1.15. The summed E-state index contributed by atoms with van der Waals surface area (Å²) in [6, 6.07) is 8.39. The highest BCUT2D eigenvalue weighted by Crippen LogP contribution is 2.32. The molecule has 5 heteroatoms. The van der Waals surface area contributed by atoms with Gasteiger partial charge in [0.1, 0.15) is 5.03 Å². The van der Waals surface area contributed by atoms with Gasteiger partial charge in [0, 0.05) is 28.5 Å². The molecule has 0 aliphatic rings. The van der Waals surface area contributed by atoms with E-state index in [2.05, 4.69) is 64.5 Å². The number of aromatic nitrogens is 2. The van der Waals surface area contributed by atoms with Gasteiger partial charge in [-0.15, -0.1) is 0 Å². The largest absolute Gasteiger partial charge is 0.313 e. The van der Waals surface area contributed by atoms with Crippen molar-refractivity contribution in [3.63, 3.8) is 0 Å². The molecular weight excluding hydrogens is 334 g/mol. The van der Waals surface area contributed by atoms with Crippen molar-refractivity contribution in [3.8, 4) is 0 Å². The van der Waals surface area contributed by atoms with Crippen molar-refractivity contribution in [1.82, 2.24) is 15.1 Å². The normalized spacial score (nSPS) is 11.0. The van der Waals surface area contributed by atoms with Crippen LogP contribution in [-0.4, -0.2) is 16.3 Å². The molecule has 0 fully saturated rings. The van der Waals surface area contributed by atoms with Gasteiger partial charge in [0.05, 0.1) is 5.69 Å². The van der Waals surface area contributed by atoms with Gasteiger partial charge in [-0.1, -0.05) is 34.6 Å². The molecule has 2 rings (SSSR count). The Hall–Kier alpha value is -0.780. The molecule has 0 spiro atoms. The smallest absolute Gasteiger partial charge is 0.103 e. The molecule has 0 amide bonds. The van der Waals surface area contributed by atoms with Crippen molar-refractivity contribution < 1.29 is 0 Å². The summed E-state index contributed by atoms with van der Waals surface area (Å²) in [5, 5.41) is 9.23. The molecule has 3 nitrogen and oxygen atoms in total. The Bertz CT molecular complexity index is 563. The van der Waals surface area contributed by atoms with E-state index < -0.39 is 0 Å². The highest BCUT2D eigenvalue weighted by atomic mass is 79.9. The fraction of sp³-hybridized carbons (Fsp3) is 0.400. The summed E-state index contributed by atoms with van der Waals surface area (Å²) in [5.74, 6) is 0. The van der Waals surface area contributed by atoms with Gasteiger partial charge in [-0.25, -0.2) is 0 Å². The minimum Gasteiger partial charge on any atom is -0.313 e. The zero-order chi connectivity index (χ0) is 14.5. The van der Waals surface area contributed by atoms with Crippen LogP contribution in [0.5, 0.6) is 0 Å². The fourth-order valence-corrected chi connectivity index (χ4v) is 3.29. The van der Waals surface area contributed by atoms with E-state index in [1.54, 1.807) is 11.8 Å². The SMILES string of the molecule is CCCNCc1c(C)nn(C)c1Sc1ccc(Br)cc1. The number of hydrogen-bond donors (Lipinski definition) is 1. The lowest BCUT2D eigenvalue weighted by atomic mass is 10.2. The summed E-state index contributed by atoms with van der Waals surface area (Å²) in [7, 11) is 2.01. The number of aryl methyl sites for hydroxylation is 2. The van der Waals surface area contributed by atoms with Crippen LogP contribution in [0.1, 0.15) is 24.6 Å². The maximum Gasteiger partial charge on any atom is 0.103 e. The Balaban J connectivity index is 2.19. The van der Waals surface area contributed by atoms with Crippen LogP contribution in [0.15, 0.2) is 38.7 Å². The number of hydrogen-bond acceptors (Lipinski definition) is 3. The van der Waals surface area contributed by atoms with E-state index in [9.17, 15) is 0 Å².